The molecule has 3 nitrogen and oxygen atoms in total. The van der Waals surface area contributed by atoms with E-state index in [0.717, 1.165) is 3.57 Å². The monoisotopic (exact) mass is 488 g/mol. The summed E-state index contributed by atoms with van der Waals surface area (Å²) in [5.74, 6) is 0. The number of hydrogen-bond donors (Lipinski definition) is 0. The van der Waals surface area contributed by atoms with Crippen molar-refractivity contribution in [2.24, 2.45) is 0 Å². The molecule has 0 saturated heterocycles. The Morgan fingerprint density at radius 2 is 1.92 bits per heavy atom. The Kier molecular flexibility index (Phi) is 5.18. The molecule has 0 atom stereocenters. The summed E-state index contributed by atoms with van der Waals surface area (Å²) in [6.45, 7) is 0. The number of hydrogen-bond acceptors (Lipinski definition) is 3. The van der Waals surface area contributed by atoms with E-state index in [1.54, 1.807) is 6.07 Å². The van der Waals surface area contributed by atoms with Gasteiger partial charge in [-0.25, -0.2) is 8.42 Å². The van der Waals surface area contributed by atoms with Crippen LogP contribution < -0.4 is 0 Å². The molecule has 0 amide bonds. The third-order valence-electron chi connectivity index (χ3n) is 1.08. The summed E-state index contributed by atoms with van der Waals surface area (Å²) in [6, 6.07) is 5.87. The fraction of sp³-hybridized carbons (Fsp3) is 0. The summed E-state index contributed by atoms with van der Waals surface area (Å²) in [4.78, 5) is -0.176. The van der Waals surface area contributed by atoms with Crippen molar-refractivity contribution < 1.29 is 13.0 Å². The second-order valence-electron chi connectivity index (χ2n) is 1.91. The first-order valence-corrected chi connectivity index (χ1v) is 5.20. The van der Waals surface area contributed by atoms with Crippen LogP contribution in [0.4, 0.5) is 0 Å². The molecule has 0 radical (unpaired) electrons. The Bertz CT molecular complexity index is 363. The largest absolute Gasteiger partial charge is 1.00 e. The summed E-state index contributed by atoms with van der Waals surface area (Å²) in [7, 11) is -4.28. The van der Waals surface area contributed by atoms with Gasteiger partial charge in [-0.3, -0.25) is 0 Å². The van der Waals surface area contributed by atoms with Gasteiger partial charge in [0.1, 0.15) is 10.1 Å². The average molecular weight is 487 g/mol. The molecule has 6 heteroatoms. The molecule has 0 aliphatic heterocycles. The van der Waals surface area contributed by atoms with E-state index in [1.165, 1.54) is 18.2 Å². The van der Waals surface area contributed by atoms with Gasteiger partial charge in [0, 0.05) is 3.57 Å². The van der Waals surface area contributed by atoms with Gasteiger partial charge in [0.15, 0.2) is 0 Å². The Hall–Kier alpha value is 0.782. The molecular formula is C6H4IO3STl. The van der Waals surface area contributed by atoms with E-state index in [4.69, 9.17) is 0 Å². The Morgan fingerprint density at radius 3 is 2.25 bits per heavy atom. The minimum Gasteiger partial charge on any atom is -0.744 e. The van der Waals surface area contributed by atoms with E-state index >= 15 is 0 Å². The first-order valence-electron chi connectivity index (χ1n) is 2.71. The maximum atomic E-state index is 10.4. The van der Waals surface area contributed by atoms with Gasteiger partial charge in [0.05, 0.1) is 4.90 Å². The fourth-order valence-electron chi connectivity index (χ4n) is 0.623. The molecule has 0 unspecified atom stereocenters. The van der Waals surface area contributed by atoms with E-state index in [-0.39, 0.29) is 32.2 Å². The predicted octanol–water partition coefficient (Wildman–Crippen LogP) is 0.815. The van der Waals surface area contributed by atoms with E-state index in [2.05, 4.69) is 0 Å². The summed E-state index contributed by atoms with van der Waals surface area (Å²) >= 11 is 1.94. The SMILES string of the molecule is O=S(=O)([O-])c1cccc(I)c1.[Tl+]. The summed E-state index contributed by atoms with van der Waals surface area (Å²) < 4.78 is 32.0. The molecule has 0 aromatic heterocycles. The normalized spacial score (nSPS) is 10.5. The second-order valence-corrected chi connectivity index (χ2v) is 4.54. The van der Waals surface area contributed by atoms with Gasteiger partial charge in [-0.15, -0.1) is 0 Å². The van der Waals surface area contributed by atoms with Crippen LogP contribution >= 0.6 is 22.6 Å². The van der Waals surface area contributed by atoms with Crippen molar-refractivity contribution in [1.29, 1.82) is 0 Å². The van der Waals surface area contributed by atoms with Crippen LogP contribution in [0.5, 0.6) is 0 Å². The number of halogens is 1. The molecule has 0 N–H and O–H groups in total. The van der Waals surface area contributed by atoms with Crippen LogP contribution in [0.3, 0.4) is 0 Å². The molecule has 1 aromatic carbocycles. The van der Waals surface area contributed by atoms with Gasteiger partial charge in [-0.05, 0) is 40.8 Å². The summed E-state index contributed by atoms with van der Waals surface area (Å²) in [6.07, 6.45) is 0. The van der Waals surface area contributed by atoms with E-state index in [1.807, 2.05) is 22.6 Å². The van der Waals surface area contributed by atoms with Crippen LogP contribution in [-0.2, 0) is 10.1 Å². The van der Waals surface area contributed by atoms with Gasteiger partial charge >= 0.3 is 27.3 Å². The van der Waals surface area contributed by atoms with Crippen LogP contribution in [0.1, 0.15) is 0 Å². The van der Waals surface area contributed by atoms with Crippen molar-refractivity contribution in [2.45, 2.75) is 4.90 Å². The molecule has 1 rings (SSSR count). The number of benzene rings is 1. The molecule has 1 aromatic rings. The molecule has 62 valence electrons. The maximum absolute atomic E-state index is 10.4. The van der Waals surface area contributed by atoms with Gasteiger partial charge < -0.3 is 4.55 Å². The Balaban J connectivity index is 0.00000121. The first kappa shape index (κ1) is 12.8. The van der Waals surface area contributed by atoms with Crippen molar-refractivity contribution >= 4 is 60.0 Å². The third kappa shape index (κ3) is 3.66. The van der Waals surface area contributed by atoms with Crippen molar-refractivity contribution in [1.82, 2.24) is 0 Å². The first-order chi connectivity index (χ1) is 5.00. The standard InChI is InChI=1S/C6H5IO3S.Tl/c7-5-2-1-3-6(4-5)11(8,9)10;/h1-4H,(H,8,9,10);/q;+1/p-1. The molecule has 0 bridgehead atoms. The van der Waals surface area contributed by atoms with E-state index in [0.29, 0.717) is 0 Å². The zero-order valence-corrected chi connectivity index (χ0v) is 13.4. The van der Waals surface area contributed by atoms with E-state index < -0.39 is 10.1 Å². The summed E-state index contributed by atoms with van der Waals surface area (Å²) in [5, 5.41) is 0. The summed E-state index contributed by atoms with van der Waals surface area (Å²) in [5.41, 5.74) is 0. The molecular weight excluding hydrogens is 483 g/mol. The van der Waals surface area contributed by atoms with Crippen molar-refractivity contribution in [3.8, 4) is 0 Å². The average Bonchev–Trinajstić information content (AvgIpc) is 1.86. The van der Waals surface area contributed by atoms with Crippen LogP contribution in [0, 0.1) is 3.57 Å². The van der Waals surface area contributed by atoms with Crippen LogP contribution in [0.15, 0.2) is 29.2 Å². The zero-order valence-electron chi connectivity index (χ0n) is 5.90. The van der Waals surface area contributed by atoms with Crippen LogP contribution in [0.25, 0.3) is 0 Å². The van der Waals surface area contributed by atoms with E-state index in [9.17, 15) is 13.0 Å². The Labute approximate surface area is 105 Å². The number of rotatable bonds is 1. The van der Waals surface area contributed by atoms with Crippen LogP contribution in [-0.4, -0.2) is 40.3 Å². The maximum Gasteiger partial charge on any atom is 1.00 e. The zero-order chi connectivity index (χ0) is 8.48. The topological polar surface area (TPSA) is 57.2 Å². The van der Waals surface area contributed by atoms with Gasteiger partial charge in [0.25, 0.3) is 0 Å². The molecule has 0 heterocycles. The van der Waals surface area contributed by atoms with Gasteiger partial charge in [-0.2, -0.15) is 0 Å². The van der Waals surface area contributed by atoms with Crippen molar-refractivity contribution in [3.63, 3.8) is 0 Å². The van der Waals surface area contributed by atoms with Crippen LogP contribution in [0.2, 0.25) is 0 Å². The van der Waals surface area contributed by atoms with Gasteiger partial charge in [-0.1, -0.05) is 6.07 Å². The molecule has 12 heavy (non-hydrogen) atoms. The molecule has 0 aliphatic rings. The van der Waals surface area contributed by atoms with Crippen molar-refractivity contribution in [3.05, 3.63) is 27.8 Å². The molecule has 0 saturated carbocycles. The minimum absolute atomic E-state index is 0. The molecule has 0 fully saturated rings. The third-order valence-corrected chi connectivity index (χ3v) is 2.59. The second kappa shape index (κ2) is 4.86. The smallest absolute Gasteiger partial charge is 0.744 e. The quantitative estimate of drug-likeness (QED) is 0.335. The van der Waals surface area contributed by atoms with Crippen molar-refractivity contribution in [2.75, 3.05) is 0 Å². The molecule has 0 aliphatic carbocycles. The Morgan fingerprint density at radius 1 is 1.33 bits per heavy atom. The minimum atomic E-state index is -4.28. The predicted molar refractivity (Wildman–Crippen MR) is 52.9 cm³/mol. The van der Waals surface area contributed by atoms with Gasteiger partial charge in [0.2, 0.25) is 0 Å². The fourth-order valence-corrected chi connectivity index (χ4v) is 1.89. The molecule has 0 spiro atoms.